The molecule has 1 aromatic carbocycles. The number of hydrogen-bond acceptors (Lipinski definition) is 7. The standard InChI is InChI=1S/C25H20F3N3O4/c1-33-24(32)18-15-17(35-22-19(25(26,27)28)9-5-13-29-22)11-12-20(18)31-21-10-6-14-30-23(21)34-16-7-3-2-4-8-16/h2-3,5-7,9-15,31H,4,8H2,1H3. The van der Waals surface area contributed by atoms with E-state index in [0.29, 0.717) is 17.3 Å². The van der Waals surface area contributed by atoms with Crippen LogP contribution in [0.15, 0.2) is 78.8 Å². The molecule has 0 amide bonds. The van der Waals surface area contributed by atoms with Gasteiger partial charge >= 0.3 is 12.1 Å². The number of hydrogen-bond donors (Lipinski definition) is 1. The van der Waals surface area contributed by atoms with Crippen molar-refractivity contribution in [2.45, 2.75) is 19.0 Å². The third kappa shape index (κ3) is 5.78. The first-order valence-electron chi connectivity index (χ1n) is 10.5. The van der Waals surface area contributed by atoms with E-state index in [-0.39, 0.29) is 11.3 Å². The molecule has 0 saturated carbocycles. The second kappa shape index (κ2) is 10.3. The van der Waals surface area contributed by atoms with Gasteiger partial charge < -0.3 is 19.5 Å². The van der Waals surface area contributed by atoms with Crippen molar-refractivity contribution in [1.29, 1.82) is 0 Å². The Hall–Kier alpha value is -4.34. The molecule has 1 aliphatic carbocycles. The molecule has 3 aromatic rings. The maximum absolute atomic E-state index is 13.3. The SMILES string of the molecule is COC(=O)c1cc(Oc2ncccc2C(F)(F)F)ccc1Nc1cccnc1OC1=CC=CCC1. The molecule has 2 heterocycles. The molecule has 0 atom stereocenters. The van der Waals surface area contributed by atoms with Crippen LogP contribution >= 0.6 is 0 Å². The molecular weight excluding hydrogens is 463 g/mol. The maximum atomic E-state index is 13.3. The van der Waals surface area contributed by atoms with Crippen LogP contribution in [0.4, 0.5) is 24.5 Å². The summed E-state index contributed by atoms with van der Waals surface area (Å²) in [4.78, 5) is 20.4. The summed E-state index contributed by atoms with van der Waals surface area (Å²) >= 11 is 0. The number of halogens is 3. The first-order chi connectivity index (χ1) is 16.8. The molecule has 0 bridgehead atoms. The van der Waals surface area contributed by atoms with Gasteiger partial charge in [-0.3, -0.25) is 0 Å². The zero-order valence-corrected chi connectivity index (χ0v) is 18.5. The Morgan fingerprint density at radius 2 is 1.77 bits per heavy atom. The number of methoxy groups -OCH3 is 1. The van der Waals surface area contributed by atoms with E-state index in [1.165, 1.54) is 31.5 Å². The van der Waals surface area contributed by atoms with Gasteiger partial charge in [-0.05, 0) is 55.0 Å². The lowest BCUT2D eigenvalue weighted by Crippen LogP contribution is -2.09. The predicted molar refractivity (Wildman–Crippen MR) is 122 cm³/mol. The van der Waals surface area contributed by atoms with Crippen LogP contribution in [0.1, 0.15) is 28.8 Å². The van der Waals surface area contributed by atoms with Gasteiger partial charge in [0.2, 0.25) is 11.8 Å². The Morgan fingerprint density at radius 1 is 1.00 bits per heavy atom. The van der Waals surface area contributed by atoms with Crippen LogP contribution in [-0.4, -0.2) is 23.0 Å². The highest BCUT2D eigenvalue weighted by Gasteiger charge is 2.35. The molecular formula is C25H20F3N3O4. The van der Waals surface area contributed by atoms with Gasteiger partial charge in [-0.25, -0.2) is 14.8 Å². The second-order valence-corrected chi connectivity index (χ2v) is 7.34. The monoisotopic (exact) mass is 483 g/mol. The summed E-state index contributed by atoms with van der Waals surface area (Å²) in [6.45, 7) is 0. The first-order valence-corrected chi connectivity index (χ1v) is 10.5. The van der Waals surface area contributed by atoms with E-state index >= 15 is 0 Å². The number of esters is 1. The minimum absolute atomic E-state index is 0.0260. The van der Waals surface area contributed by atoms with Crippen molar-refractivity contribution in [3.63, 3.8) is 0 Å². The van der Waals surface area contributed by atoms with Gasteiger partial charge in [0, 0.05) is 18.8 Å². The molecule has 0 radical (unpaired) electrons. The molecule has 0 saturated heterocycles. The number of ether oxygens (including phenoxy) is 3. The van der Waals surface area contributed by atoms with Crippen LogP contribution in [-0.2, 0) is 10.9 Å². The Bertz CT molecular complexity index is 1290. The van der Waals surface area contributed by atoms with Gasteiger partial charge in [0.15, 0.2) is 0 Å². The molecule has 0 spiro atoms. The molecule has 0 aliphatic heterocycles. The van der Waals surface area contributed by atoms with Gasteiger partial charge in [-0.2, -0.15) is 13.2 Å². The molecule has 4 rings (SSSR count). The van der Waals surface area contributed by atoms with Gasteiger partial charge in [0.25, 0.3) is 0 Å². The quantitative estimate of drug-likeness (QED) is 0.388. The van der Waals surface area contributed by atoms with E-state index < -0.39 is 23.6 Å². The summed E-state index contributed by atoms with van der Waals surface area (Å²) in [5.74, 6) is -0.340. The van der Waals surface area contributed by atoms with E-state index in [1.54, 1.807) is 18.3 Å². The summed E-state index contributed by atoms with van der Waals surface area (Å²) < 4.78 is 56.0. The molecule has 2 aromatic heterocycles. The topological polar surface area (TPSA) is 82.6 Å². The van der Waals surface area contributed by atoms with Crippen molar-refractivity contribution in [2.75, 3.05) is 12.4 Å². The van der Waals surface area contributed by atoms with Gasteiger partial charge in [-0.1, -0.05) is 12.2 Å². The largest absolute Gasteiger partial charge is 0.465 e. The summed E-state index contributed by atoms with van der Waals surface area (Å²) in [6, 6.07) is 9.60. The van der Waals surface area contributed by atoms with E-state index in [4.69, 9.17) is 14.2 Å². The number of nitrogens with one attached hydrogen (secondary N) is 1. The molecule has 1 aliphatic rings. The van der Waals surface area contributed by atoms with Crippen LogP contribution < -0.4 is 14.8 Å². The fourth-order valence-corrected chi connectivity index (χ4v) is 3.28. The molecule has 180 valence electrons. The number of carbonyl (C=O) groups excluding carboxylic acids is 1. The number of nitrogens with zero attached hydrogens (tertiary/aromatic N) is 2. The Morgan fingerprint density at radius 3 is 2.49 bits per heavy atom. The van der Waals surface area contributed by atoms with Gasteiger partial charge in [0.05, 0.1) is 18.4 Å². The van der Waals surface area contributed by atoms with E-state index in [2.05, 4.69) is 15.3 Å². The average Bonchev–Trinajstić information content (AvgIpc) is 2.86. The number of carbonyl (C=O) groups is 1. The van der Waals surface area contributed by atoms with Crippen LogP contribution in [0.3, 0.4) is 0 Å². The smallest absolute Gasteiger partial charge is 0.421 e. The maximum Gasteiger partial charge on any atom is 0.421 e. The van der Waals surface area contributed by atoms with Gasteiger partial charge in [0.1, 0.15) is 22.8 Å². The lowest BCUT2D eigenvalue weighted by molar-refractivity contribution is -0.138. The lowest BCUT2D eigenvalue weighted by Gasteiger charge is -2.17. The number of alkyl halides is 3. The fourth-order valence-electron chi connectivity index (χ4n) is 3.28. The number of benzene rings is 1. The summed E-state index contributed by atoms with van der Waals surface area (Å²) in [5.41, 5.74) is -0.211. The van der Waals surface area contributed by atoms with Crippen molar-refractivity contribution in [2.24, 2.45) is 0 Å². The number of aromatic nitrogens is 2. The highest BCUT2D eigenvalue weighted by Crippen LogP contribution is 2.38. The average molecular weight is 483 g/mol. The normalized spacial score (nSPS) is 13.1. The number of pyridine rings is 2. The zero-order valence-electron chi connectivity index (χ0n) is 18.5. The van der Waals surface area contributed by atoms with Crippen molar-refractivity contribution in [1.82, 2.24) is 9.97 Å². The highest BCUT2D eigenvalue weighted by atomic mass is 19.4. The predicted octanol–water partition coefficient (Wildman–Crippen LogP) is 6.43. The van der Waals surface area contributed by atoms with E-state index in [9.17, 15) is 18.0 Å². The molecule has 7 nitrogen and oxygen atoms in total. The van der Waals surface area contributed by atoms with Gasteiger partial charge in [-0.15, -0.1) is 0 Å². The molecule has 1 N–H and O–H groups in total. The number of allylic oxidation sites excluding steroid dienone is 4. The number of rotatable bonds is 7. The van der Waals surface area contributed by atoms with E-state index in [1.807, 2.05) is 18.2 Å². The molecule has 0 unspecified atom stereocenters. The van der Waals surface area contributed by atoms with Crippen molar-refractivity contribution in [3.05, 3.63) is 90.0 Å². The van der Waals surface area contributed by atoms with E-state index in [0.717, 1.165) is 30.7 Å². The third-order valence-electron chi connectivity index (χ3n) is 4.93. The Labute approximate surface area is 198 Å². The van der Waals surface area contributed by atoms with Crippen molar-refractivity contribution in [3.8, 4) is 17.5 Å². The number of anilines is 2. The minimum atomic E-state index is -4.66. The summed E-state index contributed by atoms with van der Waals surface area (Å²) in [7, 11) is 1.20. The first kappa shape index (κ1) is 23.8. The zero-order chi connectivity index (χ0) is 24.8. The Kier molecular flexibility index (Phi) is 7.00. The van der Waals surface area contributed by atoms with Crippen LogP contribution in [0.2, 0.25) is 0 Å². The van der Waals surface area contributed by atoms with Crippen LogP contribution in [0.25, 0.3) is 0 Å². The molecule has 35 heavy (non-hydrogen) atoms. The molecule has 0 fully saturated rings. The molecule has 10 heteroatoms. The van der Waals surface area contributed by atoms with Crippen molar-refractivity contribution >= 4 is 17.3 Å². The lowest BCUT2D eigenvalue weighted by atomic mass is 10.1. The van der Waals surface area contributed by atoms with Crippen LogP contribution in [0.5, 0.6) is 17.5 Å². The Balaban J connectivity index is 1.64. The second-order valence-electron chi connectivity index (χ2n) is 7.34. The highest BCUT2D eigenvalue weighted by molar-refractivity contribution is 5.97. The fraction of sp³-hybridized carbons (Fsp3) is 0.160. The summed E-state index contributed by atoms with van der Waals surface area (Å²) in [6.07, 6.45) is 5.44. The van der Waals surface area contributed by atoms with Crippen LogP contribution in [0, 0.1) is 0 Å². The van der Waals surface area contributed by atoms with Crippen molar-refractivity contribution < 1.29 is 32.2 Å². The summed E-state index contributed by atoms with van der Waals surface area (Å²) in [5, 5.41) is 3.09. The third-order valence-corrected chi connectivity index (χ3v) is 4.93. The minimum Gasteiger partial charge on any atom is -0.465 e.